The molecule has 0 N–H and O–H groups in total. The van der Waals surface area contributed by atoms with Gasteiger partial charge in [0.25, 0.3) is 0 Å². The van der Waals surface area contributed by atoms with Crippen molar-refractivity contribution in [3.63, 3.8) is 0 Å². The summed E-state index contributed by atoms with van der Waals surface area (Å²) in [5, 5.41) is 0.246. The SMILES string of the molecule is CC(C)(C)[Si](C)(C)OCC#Cc1cc[c-]cc1.[W]. The number of hydrogen-bond donors (Lipinski definition) is 0. The summed E-state index contributed by atoms with van der Waals surface area (Å²) >= 11 is 0. The van der Waals surface area contributed by atoms with E-state index in [2.05, 4.69) is 51.8 Å². The van der Waals surface area contributed by atoms with Crippen LogP contribution in [0.3, 0.4) is 0 Å². The third-order valence-electron chi connectivity index (χ3n) is 3.26. The Balaban J connectivity index is 0.00000289. The second-order valence-corrected chi connectivity index (χ2v) is 10.4. The minimum absolute atomic E-state index is 0. The molecular formula is C15H21OSiW-. The van der Waals surface area contributed by atoms with E-state index >= 15 is 0 Å². The first-order chi connectivity index (χ1) is 7.83. The van der Waals surface area contributed by atoms with Crippen LogP contribution < -0.4 is 0 Å². The first-order valence-corrected chi connectivity index (χ1v) is 8.83. The maximum absolute atomic E-state index is 5.97. The van der Waals surface area contributed by atoms with Crippen LogP contribution in [-0.2, 0) is 25.5 Å². The zero-order valence-corrected chi connectivity index (χ0v) is 15.8. The molecule has 0 spiro atoms. The topological polar surface area (TPSA) is 9.23 Å². The van der Waals surface area contributed by atoms with E-state index in [0.29, 0.717) is 6.61 Å². The zero-order valence-electron chi connectivity index (χ0n) is 11.8. The fraction of sp³-hybridized carbons (Fsp3) is 0.467. The van der Waals surface area contributed by atoms with E-state index in [9.17, 15) is 0 Å². The van der Waals surface area contributed by atoms with Gasteiger partial charge in [0.05, 0.1) is 6.61 Å². The molecule has 0 aliphatic rings. The molecule has 0 saturated heterocycles. The molecule has 0 heterocycles. The summed E-state index contributed by atoms with van der Waals surface area (Å²) in [6.45, 7) is 11.7. The Kier molecular flexibility index (Phi) is 7.14. The Labute approximate surface area is 127 Å². The molecule has 0 radical (unpaired) electrons. The third kappa shape index (κ3) is 5.52. The van der Waals surface area contributed by atoms with Crippen LogP contribution >= 0.6 is 0 Å². The molecule has 1 rings (SSSR count). The van der Waals surface area contributed by atoms with Crippen molar-refractivity contribution in [1.82, 2.24) is 0 Å². The van der Waals surface area contributed by atoms with Gasteiger partial charge in [0, 0.05) is 21.1 Å². The van der Waals surface area contributed by atoms with Crippen molar-refractivity contribution in [2.75, 3.05) is 6.61 Å². The van der Waals surface area contributed by atoms with Crippen LogP contribution in [0.4, 0.5) is 0 Å². The molecule has 18 heavy (non-hydrogen) atoms. The van der Waals surface area contributed by atoms with Crippen molar-refractivity contribution >= 4 is 8.32 Å². The molecule has 0 atom stereocenters. The summed E-state index contributed by atoms with van der Waals surface area (Å²) in [5.74, 6) is 6.17. The Hall–Kier alpha value is -0.355. The molecule has 0 unspecified atom stereocenters. The average Bonchev–Trinajstić information content (AvgIpc) is 2.24. The average molecular weight is 429 g/mol. The normalized spacial score (nSPS) is 11.2. The fourth-order valence-corrected chi connectivity index (χ4v) is 1.91. The number of benzene rings is 1. The van der Waals surface area contributed by atoms with Gasteiger partial charge in [-0.2, -0.15) is 30.3 Å². The standard InChI is InChI=1S/C15H21OSi.W/c1-15(2,3)17(4,5)16-13-9-12-14-10-7-6-8-11-14;/h7-8,10-11H,13H2,1-5H3;/q-1;. The summed E-state index contributed by atoms with van der Waals surface area (Å²) < 4.78 is 5.97. The minimum Gasteiger partial charge on any atom is -0.406 e. The molecule has 0 aliphatic heterocycles. The van der Waals surface area contributed by atoms with Crippen LogP contribution in [0.25, 0.3) is 0 Å². The smallest absolute Gasteiger partial charge is 0.193 e. The second-order valence-electron chi connectivity index (χ2n) is 5.64. The van der Waals surface area contributed by atoms with Crippen molar-refractivity contribution in [2.24, 2.45) is 0 Å². The van der Waals surface area contributed by atoms with Gasteiger partial charge in [0.2, 0.25) is 0 Å². The molecule has 3 heteroatoms. The number of hydrogen-bond acceptors (Lipinski definition) is 1. The quantitative estimate of drug-likeness (QED) is 0.394. The van der Waals surface area contributed by atoms with Gasteiger partial charge >= 0.3 is 0 Å². The van der Waals surface area contributed by atoms with E-state index in [0.717, 1.165) is 5.56 Å². The van der Waals surface area contributed by atoms with Gasteiger partial charge in [-0.3, -0.25) is 0 Å². The molecule has 0 aliphatic carbocycles. The van der Waals surface area contributed by atoms with Crippen molar-refractivity contribution in [3.05, 3.63) is 35.9 Å². The molecule has 1 aromatic carbocycles. The van der Waals surface area contributed by atoms with Gasteiger partial charge in [-0.1, -0.05) is 38.2 Å². The summed E-state index contributed by atoms with van der Waals surface area (Å²) in [6, 6.07) is 10.6. The van der Waals surface area contributed by atoms with Crippen molar-refractivity contribution in [3.8, 4) is 11.8 Å². The predicted octanol–water partition coefficient (Wildman–Crippen LogP) is 3.86. The summed E-state index contributed by atoms with van der Waals surface area (Å²) in [7, 11) is -1.65. The largest absolute Gasteiger partial charge is 0.406 e. The first kappa shape index (κ1) is 17.6. The van der Waals surface area contributed by atoms with Gasteiger partial charge in [-0.25, -0.2) is 0 Å². The minimum atomic E-state index is -1.65. The Morgan fingerprint density at radius 1 is 1.22 bits per heavy atom. The predicted molar refractivity (Wildman–Crippen MR) is 75.3 cm³/mol. The van der Waals surface area contributed by atoms with E-state index < -0.39 is 8.32 Å². The van der Waals surface area contributed by atoms with Crippen molar-refractivity contribution in [2.45, 2.75) is 38.9 Å². The monoisotopic (exact) mass is 429 g/mol. The van der Waals surface area contributed by atoms with E-state index in [-0.39, 0.29) is 26.1 Å². The van der Waals surface area contributed by atoms with Gasteiger partial charge in [-0.15, -0.1) is 0 Å². The maximum Gasteiger partial charge on any atom is 0.193 e. The maximum atomic E-state index is 5.97. The number of rotatable bonds is 2. The summed E-state index contributed by atoms with van der Waals surface area (Å²) in [6.07, 6.45) is 0. The van der Waals surface area contributed by atoms with E-state index in [1.165, 1.54) is 0 Å². The van der Waals surface area contributed by atoms with Crippen LogP contribution in [0.1, 0.15) is 26.3 Å². The van der Waals surface area contributed by atoms with Gasteiger partial charge in [0.15, 0.2) is 8.32 Å². The zero-order chi connectivity index (χ0) is 12.9. The van der Waals surface area contributed by atoms with E-state index in [1.54, 1.807) is 0 Å². The van der Waals surface area contributed by atoms with Crippen LogP contribution in [-0.4, -0.2) is 14.9 Å². The van der Waals surface area contributed by atoms with Crippen LogP contribution in [0.2, 0.25) is 18.1 Å². The van der Waals surface area contributed by atoms with Gasteiger partial charge < -0.3 is 4.43 Å². The Morgan fingerprint density at radius 2 is 1.78 bits per heavy atom. The second kappa shape index (κ2) is 7.29. The molecule has 0 saturated carbocycles. The van der Waals surface area contributed by atoms with E-state index in [1.807, 2.05) is 24.3 Å². The summed E-state index contributed by atoms with van der Waals surface area (Å²) in [4.78, 5) is 0. The molecule has 1 aromatic rings. The molecule has 1 nitrogen and oxygen atoms in total. The van der Waals surface area contributed by atoms with Crippen LogP contribution in [0, 0.1) is 17.9 Å². The molecule has 0 fully saturated rings. The Bertz CT molecular complexity index is 410. The molecule has 98 valence electrons. The third-order valence-corrected chi connectivity index (χ3v) is 7.74. The Morgan fingerprint density at radius 3 is 2.28 bits per heavy atom. The van der Waals surface area contributed by atoms with Gasteiger partial charge in [-0.05, 0) is 18.1 Å². The summed E-state index contributed by atoms with van der Waals surface area (Å²) in [5.41, 5.74) is 1.02. The van der Waals surface area contributed by atoms with Gasteiger partial charge in [0.1, 0.15) is 0 Å². The van der Waals surface area contributed by atoms with Crippen molar-refractivity contribution < 1.29 is 25.5 Å². The van der Waals surface area contributed by atoms with E-state index in [4.69, 9.17) is 4.43 Å². The fourth-order valence-electron chi connectivity index (χ4n) is 1.04. The molecule has 0 bridgehead atoms. The van der Waals surface area contributed by atoms with Crippen molar-refractivity contribution in [1.29, 1.82) is 0 Å². The van der Waals surface area contributed by atoms with Crippen LogP contribution in [0.15, 0.2) is 24.3 Å². The molecule has 0 amide bonds. The van der Waals surface area contributed by atoms with Crippen LogP contribution in [0.5, 0.6) is 0 Å². The molecule has 0 aromatic heterocycles. The first-order valence-electron chi connectivity index (χ1n) is 5.92. The molecular weight excluding hydrogens is 408 g/mol.